The van der Waals surface area contributed by atoms with Gasteiger partial charge in [-0.25, -0.2) is 4.68 Å². The predicted octanol–water partition coefficient (Wildman–Crippen LogP) is 4.95. The van der Waals surface area contributed by atoms with E-state index in [1.807, 2.05) is 64.7 Å². The van der Waals surface area contributed by atoms with E-state index in [0.717, 1.165) is 29.8 Å². The van der Waals surface area contributed by atoms with Gasteiger partial charge in [0.15, 0.2) is 0 Å². The van der Waals surface area contributed by atoms with Crippen molar-refractivity contribution < 1.29 is 4.79 Å². The van der Waals surface area contributed by atoms with Crippen LogP contribution >= 0.6 is 11.3 Å². The third kappa shape index (κ3) is 3.29. The van der Waals surface area contributed by atoms with Crippen molar-refractivity contribution in [1.82, 2.24) is 19.7 Å². The van der Waals surface area contributed by atoms with Gasteiger partial charge in [-0.1, -0.05) is 18.2 Å². The zero-order valence-electron chi connectivity index (χ0n) is 16.2. The first-order valence-electron chi connectivity index (χ1n) is 9.81. The monoisotopic (exact) mass is 402 g/mol. The van der Waals surface area contributed by atoms with E-state index in [1.54, 1.807) is 11.3 Å². The Bertz CT molecular complexity index is 1110. The summed E-state index contributed by atoms with van der Waals surface area (Å²) in [5, 5.41) is 8.79. The van der Waals surface area contributed by atoms with E-state index in [1.165, 1.54) is 5.56 Å². The minimum Gasteiger partial charge on any atom is -0.366 e. The molecule has 0 aliphatic carbocycles. The normalized spacial score (nSPS) is 19.0. The van der Waals surface area contributed by atoms with E-state index < -0.39 is 0 Å². The van der Waals surface area contributed by atoms with Crippen LogP contribution in [0.15, 0.2) is 71.9 Å². The summed E-state index contributed by atoms with van der Waals surface area (Å²) < 4.78 is 1.83. The van der Waals surface area contributed by atoms with Crippen molar-refractivity contribution >= 4 is 17.2 Å². The molecule has 1 saturated heterocycles. The number of hydrogen-bond donors (Lipinski definition) is 1. The van der Waals surface area contributed by atoms with Crippen LogP contribution in [0.3, 0.4) is 0 Å². The second-order valence-corrected chi connectivity index (χ2v) is 8.37. The number of likely N-dealkylation sites (tertiary alicyclic amines) is 1. The highest BCUT2D eigenvalue weighted by Gasteiger charge is 2.35. The Morgan fingerprint density at radius 2 is 2.07 bits per heavy atom. The zero-order chi connectivity index (χ0) is 19.8. The standard InChI is InChI=1S/C23H22N4OS/c1-16-9-18(17-7-8-29-15-17)13-26(16)23(28)22-12-24-11-21(22)19-10-25-27(14-19)20-5-3-2-4-6-20/h2-8,10-12,14-16,18,24H,9,13H2,1H3. The quantitative estimate of drug-likeness (QED) is 0.525. The maximum Gasteiger partial charge on any atom is 0.256 e. The molecule has 5 rings (SSSR count). The Morgan fingerprint density at radius 1 is 1.21 bits per heavy atom. The molecule has 0 spiro atoms. The number of aromatic amines is 1. The van der Waals surface area contributed by atoms with Gasteiger partial charge in [0.05, 0.1) is 17.4 Å². The molecule has 2 atom stereocenters. The second kappa shape index (κ2) is 7.37. The maximum absolute atomic E-state index is 13.4. The lowest BCUT2D eigenvalue weighted by molar-refractivity contribution is 0.0747. The molecule has 5 nitrogen and oxygen atoms in total. The number of para-hydroxylation sites is 1. The lowest BCUT2D eigenvalue weighted by Gasteiger charge is -2.21. The van der Waals surface area contributed by atoms with Crippen LogP contribution in [0.4, 0.5) is 0 Å². The van der Waals surface area contributed by atoms with Gasteiger partial charge in [0, 0.05) is 48.2 Å². The fraction of sp³-hybridized carbons (Fsp3) is 0.217. The van der Waals surface area contributed by atoms with Crippen molar-refractivity contribution in [2.75, 3.05) is 6.54 Å². The van der Waals surface area contributed by atoms with Crippen LogP contribution in [0.5, 0.6) is 0 Å². The Labute approximate surface area is 173 Å². The fourth-order valence-electron chi connectivity index (χ4n) is 4.18. The summed E-state index contributed by atoms with van der Waals surface area (Å²) in [5.74, 6) is 0.502. The Kier molecular flexibility index (Phi) is 4.56. The van der Waals surface area contributed by atoms with Gasteiger partial charge in [-0.15, -0.1) is 0 Å². The number of hydrogen-bond acceptors (Lipinski definition) is 3. The van der Waals surface area contributed by atoms with Gasteiger partial charge in [0.2, 0.25) is 0 Å². The molecule has 0 bridgehead atoms. The summed E-state index contributed by atoms with van der Waals surface area (Å²) >= 11 is 1.72. The number of H-pyrrole nitrogens is 1. The fourth-order valence-corrected chi connectivity index (χ4v) is 4.92. The summed E-state index contributed by atoms with van der Waals surface area (Å²) in [6.45, 7) is 2.91. The van der Waals surface area contributed by atoms with Crippen molar-refractivity contribution in [3.63, 3.8) is 0 Å². The summed E-state index contributed by atoms with van der Waals surface area (Å²) in [7, 11) is 0. The minimum absolute atomic E-state index is 0.0824. The average molecular weight is 403 g/mol. The third-order valence-corrected chi connectivity index (χ3v) is 6.44. The molecule has 0 radical (unpaired) electrons. The van der Waals surface area contributed by atoms with Gasteiger partial charge in [0.1, 0.15) is 0 Å². The van der Waals surface area contributed by atoms with Crippen LogP contribution in [0.25, 0.3) is 16.8 Å². The largest absolute Gasteiger partial charge is 0.366 e. The smallest absolute Gasteiger partial charge is 0.256 e. The number of benzene rings is 1. The van der Waals surface area contributed by atoms with Crippen molar-refractivity contribution in [2.45, 2.75) is 25.3 Å². The number of carbonyl (C=O) groups is 1. The van der Waals surface area contributed by atoms with Gasteiger partial charge in [-0.3, -0.25) is 4.79 Å². The molecule has 4 heterocycles. The molecular formula is C23H22N4OS. The van der Waals surface area contributed by atoms with E-state index >= 15 is 0 Å². The molecule has 1 aromatic carbocycles. The van der Waals surface area contributed by atoms with Crippen LogP contribution < -0.4 is 0 Å². The van der Waals surface area contributed by atoms with Gasteiger partial charge >= 0.3 is 0 Å². The second-order valence-electron chi connectivity index (χ2n) is 7.59. The molecule has 146 valence electrons. The van der Waals surface area contributed by atoms with E-state index in [2.05, 4.69) is 33.8 Å². The molecule has 2 unspecified atom stereocenters. The van der Waals surface area contributed by atoms with Crippen LogP contribution in [-0.2, 0) is 0 Å². The average Bonchev–Trinajstić information content (AvgIpc) is 3.54. The first kappa shape index (κ1) is 17.9. The molecule has 1 aliphatic heterocycles. The molecular weight excluding hydrogens is 380 g/mol. The predicted molar refractivity (Wildman–Crippen MR) is 116 cm³/mol. The van der Waals surface area contributed by atoms with E-state index in [9.17, 15) is 4.79 Å². The molecule has 1 amide bonds. The summed E-state index contributed by atoms with van der Waals surface area (Å²) in [5.41, 5.74) is 4.86. The van der Waals surface area contributed by atoms with Gasteiger partial charge in [-0.2, -0.15) is 16.4 Å². The highest BCUT2D eigenvalue weighted by atomic mass is 32.1. The van der Waals surface area contributed by atoms with Crippen molar-refractivity contribution in [1.29, 1.82) is 0 Å². The Morgan fingerprint density at radius 3 is 2.86 bits per heavy atom. The summed E-state index contributed by atoms with van der Waals surface area (Å²) in [4.78, 5) is 18.5. The molecule has 4 aromatic rings. The van der Waals surface area contributed by atoms with E-state index in [-0.39, 0.29) is 11.9 Å². The number of aromatic nitrogens is 3. The van der Waals surface area contributed by atoms with Gasteiger partial charge in [0.25, 0.3) is 5.91 Å². The first-order chi connectivity index (χ1) is 14.2. The lowest BCUT2D eigenvalue weighted by atomic mass is 10.00. The van der Waals surface area contributed by atoms with Crippen molar-refractivity contribution in [2.24, 2.45) is 0 Å². The minimum atomic E-state index is 0.0824. The molecule has 6 heteroatoms. The first-order valence-corrected chi connectivity index (χ1v) is 10.8. The van der Waals surface area contributed by atoms with Crippen LogP contribution in [0.1, 0.15) is 35.2 Å². The maximum atomic E-state index is 13.4. The van der Waals surface area contributed by atoms with Crippen molar-refractivity contribution in [3.05, 3.63) is 83.1 Å². The third-order valence-electron chi connectivity index (χ3n) is 5.74. The number of rotatable bonds is 4. The van der Waals surface area contributed by atoms with E-state index in [4.69, 9.17) is 0 Å². The number of nitrogens with one attached hydrogen (secondary N) is 1. The van der Waals surface area contributed by atoms with Crippen molar-refractivity contribution in [3.8, 4) is 16.8 Å². The molecule has 0 saturated carbocycles. The summed E-state index contributed by atoms with van der Waals surface area (Å²) in [6.07, 6.45) is 8.48. The Hall–Kier alpha value is -3.12. The topological polar surface area (TPSA) is 53.9 Å². The number of nitrogens with zero attached hydrogens (tertiary/aromatic N) is 3. The van der Waals surface area contributed by atoms with Crippen LogP contribution in [0.2, 0.25) is 0 Å². The number of thiophene rings is 1. The van der Waals surface area contributed by atoms with Gasteiger partial charge < -0.3 is 9.88 Å². The Balaban J connectivity index is 1.41. The molecule has 1 aliphatic rings. The van der Waals surface area contributed by atoms with Crippen LogP contribution in [-0.4, -0.2) is 38.2 Å². The molecule has 1 fully saturated rings. The number of amides is 1. The lowest BCUT2D eigenvalue weighted by Crippen LogP contribution is -2.34. The molecule has 1 N–H and O–H groups in total. The SMILES string of the molecule is CC1CC(c2ccsc2)CN1C(=O)c1c[nH]cc1-c1cnn(-c2ccccc2)c1. The van der Waals surface area contributed by atoms with Gasteiger partial charge in [-0.05, 0) is 47.9 Å². The highest BCUT2D eigenvalue weighted by Crippen LogP contribution is 2.35. The molecule has 3 aromatic heterocycles. The zero-order valence-corrected chi connectivity index (χ0v) is 17.0. The number of carbonyl (C=O) groups excluding carboxylic acids is 1. The van der Waals surface area contributed by atoms with Crippen LogP contribution in [0, 0.1) is 0 Å². The highest BCUT2D eigenvalue weighted by molar-refractivity contribution is 7.08. The summed E-state index contributed by atoms with van der Waals surface area (Å²) in [6, 6.07) is 12.4. The molecule has 29 heavy (non-hydrogen) atoms. The van der Waals surface area contributed by atoms with E-state index in [0.29, 0.717) is 11.5 Å².